The van der Waals surface area contributed by atoms with Gasteiger partial charge in [-0.2, -0.15) is 0 Å². The average Bonchev–Trinajstić information content (AvgIpc) is 2.54. The van der Waals surface area contributed by atoms with Gasteiger partial charge in [0.1, 0.15) is 0 Å². The van der Waals surface area contributed by atoms with E-state index in [0.717, 1.165) is 19.3 Å². The molecule has 0 radical (unpaired) electrons. The van der Waals surface area contributed by atoms with Gasteiger partial charge in [-0.15, -0.1) is 10.2 Å². The lowest BCUT2D eigenvalue weighted by Crippen LogP contribution is -2.28. The van der Waals surface area contributed by atoms with Crippen molar-refractivity contribution in [3.8, 4) is 0 Å². The minimum absolute atomic E-state index is 0.00189. The maximum atomic E-state index is 11.9. The van der Waals surface area contributed by atoms with Crippen LogP contribution in [0.4, 0.5) is 17.3 Å². The summed E-state index contributed by atoms with van der Waals surface area (Å²) in [5.41, 5.74) is 1.14. The molecule has 124 valence electrons. The number of hydrogen-bond donors (Lipinski definition) is 2. The number of hydrogen-bond acceptors (Lipinski definition) is 6. The fourth-order valence-electron chi connectivity index (χ4n) is 2.35. The zero-order valence-electron chi connectivity index (χ0n) is 13.3. The van der Waals surface area contributed by atoms with Crippen molar-refractivity contribution in [2.75, 3.05) is 17.7 Å². The Hall–Kier alpha value is -2.96. The van der Waals surface area contributed by atoms with Gasteiger partial charge in [0, 0.05) is 11.6 Å². The van der Waals surface area contributed by atoms with Crippen LogP contribution in [0.3, 0.4) is 0 Å². The molecule has 0 spiro atoms. The molecular weight excluding hydrogens is 308 g/mol. The van der Waals surface area contributed by atoms with Gasteiger partial charge in [-0.1, -0.05) is 12.5 Å². The Balaban J connectivity index is 1.63. The molecule has 0 unspecified atom stereocenters. The van der Waals surface area contributed by atoms with Crippen LogP contribution in [0.2, 0.25) is 0 Å². The van der Waals surface area contributed by atoms with E-state index < -0.39 is 5.97 Å². The molecule has 1 fully saturated rings. The second-order valence-corrected chi connectivity index (χ2v) is 5.62. The van der Waals surface area contributed by atoms with Gasteiger partial charge in [0.25, 0.3) is 0 Å². The van der Waals surface area contributed by atoms with Crippen LogP contribution in [0.1, 0.15) is 29.6 Å². The Kier molecular flexibility index (Phi) is 4.69. The molecular formula is C17H18N4O3. The highest BCUT2D eigenvalue weighted by Crippen LogP contribution is 2.27. The second kappa shape index (κ2) is 7.08. The van der Waals surface area contributed by atoms with Gasteiger partial charge >= 0.3 is 5.97 Å². The lowest BCUT2D eigenvalue weighted by Gasteiger charge is -2.23. The molecule has 0 aliphatic heterocycles. The summed E-state index contributed by atoms with van der Waals surface area (Å²) in [7, 11) is 1.34. The molecule has 3 rings (SSSR count). The Bertz CT molecular complexity index is 742. The number of rotatable bonds is 5. The highest BCUT2D eigenvalue weighted by Gasteiger charge is 2.25. The van der Waals surface area contributed by atoms with Crippen LogP contribution < -0.4 is 10.6 Å². The molecule has 1 aromatic carbocycles. The monoisotopic (exact) mass is 326 g/mol. The molecule has 0 atom stereocenters. The third kappa shape index (κ3) is 3.68. The van der Waals surface area contributed by atoms with Crippen molar-refractivity contribution < 1.29 is 14.3 Å². The number of benzene rings is 1. The van der Waals surface area contributed by atoms with E-state index in [0.29, 0.717) is 22.9 Å². The van der Waals surface area contributed by atoms with E-state index in [2.05, 4.69) is 20.8 Å². The highest BCUT2D eigenvalue weighted by molar-refractivity contribution is 5.92. The number of nitrogens with zero attached hydrogens (tertiary/aromatic N) is 2. The number of nitrogens with one attached hydrogen (secondary N) is 2. The zero-order chi connectivity index (χ0) is 16.9. The largest absolute Gasteiger partial charge is 0.465 e. The maximum absolute atomic E-state index is 11.9. The number of esters is 1. The van der Waals surface area contributed by atoms with Crippen molar-refractivity contribution in [2.45, 2.75) is 19.3 Å². The van der Waals surface area contributed by atoms with Crippen molar-refractivity contribution in [1.29, 1.82) is 0 Å². The first kappa shape index (κ1) is 15.9. The van der Waals surface area contributed by atoms with E-state index in [1.54, 1.807) is 36.4 Å². The minimum Gasteiger partial charge on any atom is -0.465 e. The van der Waals surface area contributed by atoms with Crippen LogP contribution in [0.5, 0.6) is 0 Å². The second-order valence-electron chi connectivity index (χ2n) is 5.62. The fraction of sp³-hybridized carbons (Fsp3) is 0.294. The molecule has 2 N–H and O–H groups in total. The lowest BCUT2D eigenvalue weighted by atomic mass is 9.85. The molecule has 1 aromatic heterocycles. The molecule has 1 amide bonds. The number of anilines is 3. The highest BCUT2D eigenvalue weighted by atomic mass is 16.5. The topological polar surface area (TPSA) is 93.2 Å². The first-order chi connectivity index (χ1) is 11.7. The van der Waals surface area contributed by atoms with E-state index in [-0.39, 0.29) is 11.8 Å². The maximum Gasteiger partial charge on any atom is 0.337 e. The first-order valence-corrected chi connectivity index (χ1v) is 7.76. The molecule has 24 heavy (non-hydrogen) atoms. The molecule has 1 aliphatic rings. The van der Waals surface area contributed by atoms with Gasteiger partial charge in [0.15, 0.2) is 11.6 Å². The molecule has 0 bridgehead atoms. The predicted molar refractivity (Wildman–Crippen MR) is 89.1 cm³/mol. The fourth-order valence-corrected chi connectivity index (χ4v) is 2.35. The van der Waals surface area contributed by atoms with E-state index >= 15 is 0 Å². The van der Waals surface area contributed by atoms with Crippen LogP contribution in [-0.2, 0) is 9.53 Å². The molecule has 1 aliphatic carbocycles. The molecule has 1 heterocycles. The van der Waals surface area contributed by atoms with Crippen molar-refractivity contribution in [3.05, 3.63) is 42.0 Å². The quantitative estimate of drug-likeness (QED) is 0.821. The Morgan fingerprint density at radius 1 is 1.12 bits per heavy atom. The van der Waals surface area contributed by atoms with E-state index in [1.165, 1.54) is 7.11 Å². The van der Waals surface area contributed by atoms with Crippen LogP contribution in [0, 0.1) is 5.92 Å². The van der Waals surface area contributed by atoms with Gasteiger partial charge in [0.2, 0.25) is 5.91 Å². The molecule has 0 saturated heterocycles. The molecule has 2 aromatic rings. The van der Waals surface area contributed by atoms with Gasteiger partial charge in [0.05, 0.1) is 12.7 Å². The smallest absolute Gasteiger partial charge is 0.337 e. The van der Waals surface area contributed by atoms with E-state index in [4.69, 9.17) is 4.74 Å². The molecule has 7 heteroatoms. The van der Waals surface area contributed by atoms with Gasteiger partial charge < -0.3 is 15.4 Å². The van der Waals surface area contributed by atoms with Crippen molar-refractivity contribution in [3.63, 3.8) is 0 Å². The lowest BCUT2D eigenvalue weighted by molar-refractivity contribution is -0.122. The standard InChI is InChI=1S/C17H18N4O3/c1-24-17(23)12-6-3-7-13(10-12)18-14-8-9-15(21-20-14)19-16(22)11-4-2-5-11/h3,6-11H,2,4-5H2,1H3,(H,18,20)(H,19,21,22). The van der Waals surface area contributed by atoms with E-state index in [1.807, 2.05) is 0 Å². The number of aromatic nitrogens is 2. The average molecular weight is 326 g/mol. The van der Waals surface area contributed by atoms with E-state index in [9.17, 15) is 9.59 Å². The Labute approximate surface area is 139 Å². The first-order valence-electron chi connectivity index (χ1n) is 7.76. The predicted octanol–water partition coefficient (Wildman–Crippen LogP) is 2.75. The number of methoxy groups -OCH3 is 1. The summed E-state index contributed by atoms with van der Waals surface area (Å²) in [6.07, 6.45) is 2.99. The van der Waals surface area contributed by atoms with Crippen LogP contribution in [-0.4, -0.2) is 29.2 Å². The Morgan fingerprint density at radius 2 is 1.88 bits per heavy atom. The minimum atomic E-state index is -0.404. The third-order valence-electron chi connectivity index (χ3n) is 3.95. The van der Waals surface area contributed by atoms with Crippen molar-refractivity contribution in [2.24, 2.45) is 5.92 Å². The number of amides is 1. The normalized spacial score (nSPS) is 13.7. The van der Waals surface area contributed by atoms with Crippen LogP contribution >= 0.6 is 0 Å². The summed E-state index contributed by atoms with van der Waals surface area (Å²) in [4.78, 5) is 23.4. The third-order valence-corrected chi connectivity index (χ3v) is 3.95. The Morgan fingerprint density at radius 3 is 2.50 bits per heavy atom. The number of carbonyl (C=O) groups excluding carboxylic acids is 2. The summed E-state index contributed by atoms with van der Waals surface area (Å²) >= 11 is 0. The zero-order valence-corrected chi connectivity index (χ0v) is 13.3. The summed E-state index contributed by atoms with van der Waals surface area (Å²) in [6, 6.07) is 10.3. The summed E-state index contributed by atoms with van der Waals surface area (Å²) in [5.74, 6) is 0.644. The van der Waals surface area contributed by atoms with Gasteiger partial charge in [-0.25, -0.2) is 4.79 Å². The summed E-state index contributed by atoms with van der Waals surface area (Å²) < 4.78 is 4.69. The molecule has 7 nitrogen and oxygen atoms in total. The van der Waals surface area contributed by atoms with Crippen molar-refractivity contribution >= 4 is 29.2 Å². The van der Waals surface area contributed by atoms with Gasteiger partial charge in [-0.3, -0.25) is 4.79 Å². The number of carbonyl (C=O) groups is 2. The molecule has 1 saturated carbocycles. The van der Waals surface area contributed by atoms with Crippen LogP contribution in [0.15, 0.2) is 36.4 Å². The summed E-state index contributed by atoms with van der Waals surface area (Å²) in [6.45, 7) is 0. The van der Waals surface area contributed by atoms with Crippen molar-refractivity contribution in [1.82, 2.24) is 10.2 Å². The summed E-state index contributed by atoms with van der Waals surface area (Å²) in [5, 5.41) is 13.8. The number of ether oxygens (including phenoxy) is 1. The van der Waals surface area contributed by atoms with Crippen LogP contribution in [0.25, 0.3) is 0 Å². The SMILES string of the molecule is COC(=O)c1cccc(Nc2ccc(NC(=O)C3CCC3)nn2)c1. The van der Waals surface area contributed by atoms with Gasteiger partial charge in [-0.05, 0) is 43.2 Å².